The monoisotopic (exact) mass is 303 g/mol. The molecule has 0 saturated heterocycles. The number of nitrogens with zero attached hydrogens (tertiary/aromatic N) is 3. The van der Waals surface area contributed by atoms with Crippen LogP contribution >= 0.6 is 11.8 Å². The molecule has 0 aliphatic heterocycles. The van der Waals surface area contributed by atoms with E-state index < -0.39 is 5.76 Å². The topological polar surface area (TPSA) is 62.7 Å². The van der Waals surface area contributed by atoms with E-state index in [2.05, 4.69) is 25.6 Å². The lowest BCUT2D eigenvalue weighted by molar-refractivity contribution is 0.251. The van der Waals surface area contributed by atoms with E-state index in [0.29, 0.717) is 29.7 Å². The quantitative estimate of drug-likeness (QED) is 0.786. The zero-order chi connectivity index (χ0) is 14.5. The normalized spacial score (nSPS) is 16.1. The fraction of sp³-hybridized carbons (Fsp3) is 0.750. The molecule has 1 aliphatic rings. The molecule has 1 aliphatic carbocycles. The van der Waals surface area contributed by atoms with Crippen molar-refractivity contribution in [1.29, 1.82) is 0 Å². The van der Waals surface area contributed by atoms with Crippen molar-refractivity contribution in [3.8, 4) is 0 Å². The molecule has 112 valence electrons. The minimum Gasteiger partial charge on any atom is -0.352 e. The first-order valence-corrected chi connectivity index (χ1v) is 7.65. The molecule has 8 heteroatoms. The molecular weight excluding hydrogens is 284 g/mol. The van der Waals surface area contributed by atoms with Gasteiger partial charge in [0.2, 0.25) is 11.9 Å². The van der Waals surface area contributed by atoms with E-state index in [1.165, 1.54) is 12.8 Å². The lowest BCUT2D eigenvalue weighted by Gasteiger charge is -2.14. The first-order chi connectivity index (χ1) is 9.52. The van der Waals surface area contributed by atoms with Gasteiger partial charge in [-0.25, -0.2) is 0 Å². The maximum Gasteiger partial charge on any atom is 0.291 e. The van der Waals surface area contributed by atoms with Gasteiger partial charge in [0.05, 0.1) is 0 Å². The predicted octanol–water partition coefficient (Wildman–Crippen LogP) is 3.36. The Hall–Kier alpha value is -1.18. The molecule has 2 N–H and O–H groups in total. The largest absolute Gasteiger partial charge is 0.352 e. The maximum absolute atomic E-state index is 12.5. The second-order valence-corrected chi connectivity index (χ2v) is 6.03. The van der Waals surface area contributed by atoms with Gasteiger partial charge >= 0.3 is 0 Å². The molecule has 0 aromatic carbocycles. The van der Waals surface area contributed by atoms with Crippen molar-refractivity contribution in [2.75, 3.05) is 10.6 Å². The van der Waals surface area contributed by atoms with Gasteiger partial charge in [-0.3, -0.25) is 0 Å². The number of hydrogen-bond donors (Lipinski definition) is 2. The number of thioether (sulfide) groups is 1. The molecule has 0 atom stereocenters. The number of halogens is 2. The van der Waals surface area contributed by atoms with Crippen molar-refractivity contribution in [3.63, 3.8) is 0 Å². The molecule has 0 bridgehead atoms. The molecule has 0 amide bonds. The molecule has 1 aromatic heterocycles. The van der Waals surface area contributed by atoms with Crippen LogP contribution in [0.3, 0.4) is 0 Å². The van der Waals surface area contributed by atoms with Crippen LogP contribution in [0.5, 0.6) is 0 Å². The Labute approximate surface area is 121 Å². The van der Waals surface area contributed by atoms with Crippen LogP contribution in [0.15, 0.2) is 5.16 Å². The van der Waals surface area contributed by atoms with Gasteiger partial charge in [0.25, 0.3) is 5.76 Å². The highest BCUT2D eigenvalue weighted by Crippen LogP contribution is 2.25. The highest BCUT2D eigenvalue weighted by Gasteiger charge is 2.18. The van der Waals surface area contributed by atoms with Crippen LogP contribution in [-0.4, -0.2) is 32.8 Å². The summed E-state index contributed by atoms with van der Waals surface area (Å²) in [6, 6.07) is 0.454. The zero-order valence-electron chi connectivity index (χ0n) is 11.6. The minimum absolute atomic E-state index is 0.0404. The zero-order valence-corrected chi connectivity index (χ0v) is 12.4. The lowest BCUT2D eigenvalue weighted by Crippen LogP contribution is -2.19. The van der Waals surface area contributed by atoms with E-state index in [1.54, 1.807) is 0 Å². The third kappa shape index (κ3) is 4.73. The summed E-state index contributed by atoms with van der Waals surface area (Å²) >= 11 is 0.336. The Morgan fingerprint density at radius 1 is 1.10 bits per heavy atom. The molecule has 1 aromatic rings. The van der Waals surface area contributed by atoms with Crippen LogP contribution in [0.4, 0.5) is 20.7 Å². The fourth-order valence-corrected chi connectivity index (χ4v) is 2.57. The average Bonchev–Trinajstić information content (AvgIpc) is 2.79. The van der Waals surface area contributed by atoms with Gasteiger partial charge in [0.1, 0.15) is 0 Å². The van der Waals surface area contributed by atoms with E-state index in [4.69, 9.17) is 0 Å². The molecule has 0 radical (unpaired) electrons. The number of anilines is 2. The molecule has 0 spiro atoms. The van der Waals surface area contributed by atoms with Crippen LogP contribution in [-0.2, 0) is 0 Å². The van der Waals surface area contributed by atoms with E-state index in [0.717, 1.165) is 12.8 Å². The van der Waals surface area contributed by atoms with Gasteiger partial charge in [0, 0.05) is 12.1 Å². The lowest BCUT2D eigenvalue weighted by atomic mass is 10.3. The molecule has 20 heavy (non-hydrogen) atoms. The summed E-state index contributed by atoms with van der Waals surface area (Å²) in [5.41, 5.74) is 0. The molecule has 1 saturated carbocycles. The SMILES string of the molecule is CC(C)Nc1nc(NC2CCCC2)nc(SC(F)F)n1. The van der Waals surface area contributed by atoms with Gasteiger partial charge in [-0.05, 0) is 38.5 Å². The number of rotatable bonds is 6. The van der Waals surface area contributed by atoms with E-state index >= 15 is 0 Å². The predicted molar refractivity (Wildman–Crippen MR) is 76.3 cm³/mol. The molecule has 1 fully saturated rings. The summed E-state index contributed by atoms with van der Waals surface area (Å²) in [6.07, 6.45) is 4.49. The Kier molecular flexibility index (Phi) is 5.33. The first kappa shape index (κ1) is 15.2. The summed E-state index contributed by atoms with van der Waals surface area (Å²) in [5, 5.41) is 6.27. The highest BCUT2D eigenvalue weighted by atomic mass is 32.2. The van der Waals surface area contributed by atoms with Crippen molar-refractivity contribution < 1.29 is 8.78 Å². The van der Waals surface area contributed by atoms with E-state index in [1.807, 2.05) is 13.8 Å². The minimum atomic E-state index is -2.54. The van der Waals surface area contributed by atoms with E-state index in [9.17, 15) is 8.78 Å². The Balaban J connectivity index is 2.14. The van der Waals surface area contributed by atoms with Gasteiger partial charge in [0.15, 0.2) is 5.16 Å². The molecule has 0 unspecified atom stereocenters. The van der Waals surface area contributed by atoms with Crippen LogP contribution in [0, 0.1) is 0 Å². The number of hydrogen-bond acceptors (Lipinski definition) is 6. The van der Waals surface area contributed by atoms with Crippen LogP contribution in [0.25, 0.3) is 0 Å². The third-order valence-corrected chi connectivity index (χ3v) is 3.49. The smallest absolute Gasteiger partial charge is 0.291 e. The van der Waals surface area contributed by atoms with Crippen LogP contribution < -0.4 is 10.6 Å². The summed E-state index contributed by atoms with van der Waals surface area (Å²) in [7, 11) is 0. The molecule has 1 heterocycles. The van der Waals surface area contributed by atoms with Gasteiger partial charge in [-0.15, -0.1) is 0 Å². The molecular formula is C12H19F2N5S. The number of nitrogens with one attached hydrogen (secondary N) is 2. The Morgan fingerprint density at radius 3 is 2.35 bits per heavy atom. The van der Waals surface area contributed by atoms with Gasteiger partial charge in [-0.1, -0.05) is 12.8 Å². The summed E-state index contributed by atoms with van der Waals surface area (Å²) in [5.74, 6) is -1.83. The Morgan fingerprint density at radius 2 is 1.75 bits per heavy atom. The third-order valence-electron chi connectivity index (χ3n) is 2.92. The van der Waals surface area contributed by atoms with Crippen molar-refractivity contribution in [2.24, 2.45) is 0 Å². The standard InChI is InChI=1S/C12H19F2N5S/c1-7(2)15-10-17-11(16-8-5-3-4-6-8)19-12(18-10)20-9(13)14/h7-9H,3-6H2,1-2H3,(H2,15,16,17,18,19). The van der Waals surface area contributed by atoms with Gasteiger partial charge < -0.3 is 10.6 Å². The second-order valence-electron chi connectivity index (χ2n) is 5.07. The van der Waals surface area contributed by atoms with Crippen molar-refractivity contribution in [1.82, 2.24) is 15.0 Å². The van der Waals surface area contributed by atoms with Crippen molar-refractivity contribution >= 4 is 23.7 Å². The number of alkyl halides is 2. The van der Waals surface area contributed by atoms with Crippen molar-refractivity contribution in [2.45, 2.75) is 62.5 Å². The molecule has 2 rings (SSSR count). The summed E-state index contributed by atoms with van der Waals surface area (Å²) < 4.78 is 24.9. The highest BCUT2D eigenvalue weighted by molar-refractivity contribution is 7.99. The van der Waals surface area contributed by atoms with Crippen LogP contribution in [0.1, 0.15) is 39.5 Å². The number of aromatic nitrogens is 3. The second kappa shape index (κ2) is 7.01. The Bertz CT molecular complexity index is 410. The van der Waals surface area contributed by atoms with Gasteiger partial charge in [-0.2, -0.15) is 23.7 Å². The van der Waals surface area contributed by atoms with Crippen LogP contribution in [0.2, 0.25) is 0 Å². The van der Waals surface area contributed by atoms with E-state index in [-0.39, 0.29) is 11.2 Å². The maximum atomic E-state index is 12.5. The fourth-order valence-electron chi connectivity index (χ4n) is 2.13. The summed E-state index contributed by atoms with van der Waals surface area (Å²) in [4.78, 5) is 12.3. The summed E-state index contributed by atoms with van der Waals surface area (Å²) in [6.45, 7) is 3.88. The average molecular weight is 303 g/mol. The van der Waals surface area contributed by atoms with Crippen molar-refractivity contribution in [3.05, 3.63) is 0 Å². The first-order valence-electron chi connectivity index (χ1n) is 6.77. The molecule has 5 nitrogen and oxygen atoms in total.